The summed E-state index contributed by atoms with van der Waals surface area (Å²) in [6, 6.07) is 2.19. The first-order valence-corrected chi connectivity index (χ1v) is 5.95. The number of hydrogen-bond acceptors (Lipinski definition) is 4. The second-order valence-corrected chi connectivity index (χ2v) is 4.46. The van der Waals surface area contributed by atoms with Crippen molar-refractivity contribution < 1.29 is 28.0 Å². The van der Waals surface area contributed by atoms with E-state index in [0.717, 1.165) is 12.1 Å². The molecule has 0 saturated heterocycles. The lowest BCUT2D eigenvalue weighted by atomic mass is 10.1. The fourth-order valence-electron chi connectivity index (χ4n) is 1.71. The quantitative estimate of drug-likeness (QED) is 0.621. The van der Waals surface area contributed by atoms with Gasteiger partial charge in [-0.15, -0.1) is 0 Å². The molecule has 1 atom stereocenters. The van der Waals surface area contributed by atoms with E-state index in [2.05, 4.69) is 5.32 Å². The van der Waals surface area contributed by atoms with Crippen LogP contribution in [0.2, 0.25) is 0 Å². The maximum absolute atomic E-state index is 12.8. The summed E-state index contributed by atoms with van der Waals surface area (Å²) in [5.74, 6) is -1.01. The Morgan fingerprint density at radius 3 is 2.57 bits per heavy atom. The van der Waals surface area contributed by atoms with Crippen LogP contribution in [0.5, 0.6) is 0 Å². The van der Waals surface area contributed by atoms with Crippen molar-refractivity contribution in [2.45, 2.75) is 32.0 Å². The van der Waals surface area contributed by atoms with Gasteiger partial charge in [-0.2, -0.15) is 13.2 Å². The molecular formula is C12H13F3N2O4. The Kier molecular flexibility index (Phi) is 5.12. The van der Waals surface area contributed by atoms with Crippen LogP contribution < -0.4 is 5.32 Å². The summed E-state index contributed by atoms with van der Waals surface area (Å²) in [6.45, 7) is 1.61. The highest BCUT2D eigenvalue weighted by atomic mass is 19.4. The Bertz CT molecular complexity index is 546. The molecular weight excluding hydrogens is 293 g/mol. The highest BCUT2D eigenvalue weighted by Crippen LogP contribution is 2.37. The Labute approximate surface area is 117 Å². The van der Waals surface area contributed by atoms with Crippen LogP contribution in [0, 0.1) is 10.1 Å². The first-order chi connectivity index (χ1) is 9.61. The SMILES string of the molecule is CC(CCC(=O)O)Nc1ccc([N+](=O)[O-])c(C(F)(F)F)c1. The molecule has 1 aromatic carbocycles. The molecule has 0 spiro atoms. The zero-order valence-corrected chi connectivity index (χ0v) is 11.0. The average molecular weight is 306 g/mol. The molecule has 116 valence electrons. The van der Waals surface area contributed by atoms with Gasteiger partial charge in [0, 0.05) is 24.2 Å². The van der Waals surface area contributed by atoms with Gasteiger partial charge in [-0.3, -0.25) is 14.9 Å². The number of benzene rings is 1. The van der Waals surface area contributed by atoms with Crippen LogP contribution in [0.15, 0.2) is 18.2 Å². The van der Waals surface area contributed by atoms with Gasteiger partial charge in [0.05, 0.1) is 4.92 Å². The number of hydrogen-bond donors (Lipinski definition) is 2. The topological polar surface area (TPSA) is 92.5 Å². The van der Waals surface area contributed by atoms with Crippen LogP contribution in [0.4, 0.5) is 24.5 Å². The predicted octanol–water partition coefficient (Wildman–Crippen LogP) is 3.28. The summed E-state index contributed by atoms with van der Waals surface area (Å²) in [5, 5.41) is 21.8. The van der Waals surface area contributed by atoms with Gasteiger partial charge in [-0.1, -0.05) is 0 Å². The first kappa shape index (κ1) is 16.7. The number of carboxylic acid groups (broad SMARTS) is 1. The molecule has 0 aliphatic heterocycles. The maximum Gasteiger partial charge on any atom is 0.423 e. The standard InChI is InChI=1S/C12H13F3N2O4/c1-7(2-5-11(18)19)16-8-3-4-10(17(20)21)9(6-8)12(13,14)15/h3-4,6-7,16H,2,5H2,1H3,(H,18,19). The Hall–Kier alpha value is -2.32. The zero-order valence-electron chi connectivity index (χ0n) is 11.0. The monoisotopic (exact) mass is 306 g/mol. The van der Waals surface area contributed by atoms with E-state index in [1.807, 2.05) is 0 Å². The van der Waals surface area contributed by atoms with E-state index in [0.29, 0.717) is 6.07 Å². The van der Waals surface area contributed by atoms with Crippen molar-refractivity contribution in [2.24, 2.45) is 0 Å². The number of nitro groups is 1. The molecule has 0 fully saturated rings. The average Bonchev–Trinajstić information content (AvgIpc) is 2.35. The number of aliphatic carboxylic acids is 1. The van der Waals surface area contributed by atoms with E-state index in [9.17, 15) is 28.1 Å². The van der Waals surface area contributed by atoms with Gasteiger partial charge in [-0.25, -0.2) is 0 Å². The third-order valence-corrected chi connectivity index (χ3v) is 2.70. The van der Waals surface area contributed by atoms with Gasteiger partial charge in [0.1, 0.15) is 5.56 Å². The number of nitro benzene ring substituents is 1. The van der Waals surface area contributed by atoms with Crippen molar-refractivity contribution in [3.8, 4) is 0 Å². The number of anilines is 1. The van der Waals surface area contributed by atoms with Gasteiger partial charge < -0.3 is 10.4 Å². The van der Waals surface area contributed by atoms with Crippen molar-refractivity contribution in [1.82, 2.24) is 0 Å². The van der Waals surface area contributed by atoms with Gasteiger partial charge in [0.15, 0.2) is 0 Å². The van der Waals surface area contributed by atoms with E-state index in [1.165, 1.54) is 0 Å². The van der Waals surface area contributed by atoms with Gasteiger partial charge in [-0.05, 0) is 25.5 Å². The van der Waals surface area contributed by atoms with E-state index >= 15 is 0 Å². The molecule has 0 heterocycles. The molecule has 0 radical (unpaired) electrons. The van der Waals surface area contributed by atoms with E-state index in [1.54, 1.807) is 6.92 Å². The maximum atomic E-state index is 12.8. The fourth-order valence-corrected chi connectivity index (χ4v) is 1.71. The van der Waals surface area contributed by atoms with Crippen LogP contribution in [-0.4, -0.2) is 22.0 Å². The van der Waals surface area contributed by atoms with Gasteiger partial charge in [0.25, 0.3) is 5.69 Å². The van der Waals surface area contributed by atoms with Crippen LogP contribution in [0.3, 0.4) is 0 Å². The molecule has 0 aliphatic rings. The van der Waals surface area contributed by atoms with E-state index in [4.69, 9.17) is 5.11 Å². The van der Waals surface area contributed by atoms with Crippen molar-refractivity contribution in [1.29, 1.82) is 0 Å². The minimum atomic E-state index is -4.84. The number of carboxylic acids is 1. The fraction of sp³-hybridized carbons (Fsp3) is 0.417. The largest absolute Gasteiger partial charge is 0.481 e. The molecule has 1 aromatic rings. The molecule has 0 bridgehead atoms. The summed E-state index contributed by atoms with van der Waals surface area (Å²) in [7, 11) is 0. The number of nitrogens with one attached hydrogen (secondary N) is 1. The molecule has 2 N–H and O–H groups in total. The first-order valence-electron chi connectivity index (χ1n) is 5.95. The van der Waals surface area contributed by atoms with E-state index < -0.39 is 28.3 Å². The minimum Gasteiger partial charge on any atom is -0.481 e. The second kappa shape index (κ2) is 6.42. The molecule has 9 heteroatoms. The van der Waals surface area contributed by atoms with Crippen molar-refractivity contribution in [2.75, 3.05) is 5.32 Å². The third-order valence-electron chi connectivity index (χ3n) is 2.70. The molecule has 1 unspecified atom stereocenters. The summed E-state index contributed by atoms with van der Waals surface area (Å²) in [4.78, 5) is 19.9. The second-order valence-electron chi connectivity index (χ2n) is 4.46. The number of carbonyl (C=O) groups is 1. The van der Waals surface area contributed by atoms with Crippen LogP contribution >= 0.6 is 0 Å². The molecule has 0 aliphatic carbocycles. The van der Waals surface area contributed by atoms with Crippen LogP contribution in [0.25, 0.3) is 0 Å². The predicted molar refractivity (Wildman–Crippen MR) is 68.1 cm³/mol. The Morgan fingerprint density at radius 1 is 1.48 bits per heavy atom. The van der Waals surface area contributed by atoms with Gasteiger partial charge >= 0.3 is 12.1 Å². The number of halogens is 3. The molecule has 1 rings (SSSR count). The summed E-state index contributed by atoms with van der Waals surface area (Å²) >= 11 is 0. The minimum absolute atomic E-state index is 0.0470. The zero-order chi connectivity index (χ0) is 16.2. The summed E-state index contributed by atoms with van der Waals surface area (Å²) in [5.41, 5.74) is -2.32. The summed E-state index contributed by atoms with van der Waals surface area (Å²) < 4.78 is 38.3. The highest BCUT2D eigenvalue weighted by molar-refractivity contribution is 5.66. The van der Waals surface area contributed by atoms with Crippen LogP contribution in [-0.2, 0) is 11.0 Å². The molecule has 0 amide bonds. The third kappa shape index (κ3) is 4.93. The lowest BCUT2D eigenvalue weighted by Crippen LogP contribution is -2.17. The smallest absolute Gasteiger partial charge is 0.423 e. The molecule has 0 saturated carbocycles. The highest BCUT2D eigenvalue weighted by Gasteiger charge is 2.38. The van der Waals surface area contributed by atoms with Crippen molar-refractivity contribution in [3.63, 3.8) is 0 Å². The number of alkyl halides is 3. The molecule has 6 nitrogen and oxygen atoms in total. The lowest BCUT2D eigenvalue weighted by molar-refractivity contribution is -0.388. The number of nitrogens with zero attached hydrogens (tertiary/aromatic N) is 1. The normalized spacial score (nSPS) is 12.8. The van der Waals surface area contributed by atoms with Gasteiger partial charge in [0.2, 0.25) is 0 Å². The molecule has 21 heavy (non-hydrogen) atoms. The van der Waals surface area contributed by atoms with Crippen molar-refractivity contribution >= 4 is 17.3 Å². The number of rotatable bonds is 6. The lowest BCUT2D eigenvalue weighted by Gasteiger charge is -2.16. The Morgan fingerprint density at radius 2 is 2.10 bits per heavy atom. The van der Waals surface area contributed by atoms with E-state index in [-0.39, 0.29) is 24.6 Å². The molecule has 0 aromatic heterocycles. The Balaban J connectivity index is 2.95. The van der Waals surface area contributed by atoms with Crippen molar-refractivity contribution in [3.05, 3.63) is 33.9 Å². The summed E-state index contributed by atoms with van der Waals surface area (Å²) in [6.07, 6.45) is -4.76. The van der Waals surface area contributed by atoms with Crippen LogP contribution in [0.1, 0.15) is 25.3 Å².